The van der Waals surface area contributed by atoms with E-state index in [1.807, 2.05) is 50.2 Å². The number of benzene rings is 7. The summed E-state index contributed by atoms with van der Waals surface area (Å²) < 4.78 is 52.9. The molecule has 8 aliphatic heterocycles. The third-order valence-electron chi connectivity index (χ3n) is 22.9. The monoisotopic (exact) mass is 1790 g/mol. The first-order chi connectivity index (χ1) is 59.2. The fourth-order valence-electron chi connectivity index (χ4n) is 16.2. The number of carbonyl (C=O) groups is 8. The number of rotatable bonds is 19. The smallest absolute Gasteiger partial charge is 0.330 e. The molecule has 0 saturated carbocycles. The molecular weight excluding hydrogens is 1700 g/mol. The third kappa shape index (κ3) is 20.1. The van der Waals surface area contributed by atoms with Gasteiger partial charge in [-0.2, -0.15) is 0 Å². The van der Waals surface area contributed by atoms with Crippen LogP contribution < -0.4 is 68.2 Å². The quantitative estimate of drug-likeness (QED) is 0.0530. The fraction of sp³-hybridized carbons (Fsp3) is 0.419. The van der Waals surface area contributed by atoms with Gasteiger partial charge in [-0.15, -0.1) is 0 Å². The third-order valence-corrected chi connectivity index (χ3v) is 23.8. The molecule has 11 bridgehead atoms. The second-order valence-corrected chi connectivity index (χ2v) is 34.0. The van der Waals surface area contributed by atoms with E-state index in [4.69, 9.17) is 84.2 Å². The number of halogens is 3. The molecule has 7 aromatic rings. The largest absolute Gasteiger partial charge is 0.508 e. The summed E-state index contributed by atoms with van der Waals surface area (Å²) >= 11 is 20.8. The molecule has 7 amide bonds. The number of aliphatic carboxylic acids is 1. The van der Waals surface area contributed by atoms with Crippen molar-refractivity contribution in [3.05, 3.63) is 176 Å². The molecule has 3 fully saturated rings. The lowest BCUT2D eigenvalue weighted by Gasteiger charge is -2.48. The summed E-state index contributed by atoms with van der Waals surface area (Å²) in [5.74, 6) is -16.1. The number of aliphatic hydroxyl groups excluding tert-OH is 6. The van der Waals surface area contributed by atoms with Crippen LogP contribution in [0.1, 0.15) is 131 Å². The number of likely N-dealkylation sites (N-methyl/N-ethyl adjacent to an activating group) is 1. The van der Waals surface area contributed by atoms with Crippen molar-refractivity contribution in [2.45, 2.75) is 207 Å². The van der Waals surface area contributed by atoms with Crippen LogP contribution in [0.2, 0.25) is 15.1 Å². The zero-order valence-corrected chi connectivity index (χ0v) is 70.6. The van der Waals surface area contributed by atoms with Crippen LogP contribution in [0.5, 0.6) is 46.0 Å². The summed E-state index contributed by atoms with van der Waals surface area (Å²) in [5.41, 5.74) is 9.60. The zero-order valence-electron chi connectivity index (χ0n) is 68.3. The number of nitrogens with one attached hydrogen (secondary N) is 8. The molecule has 39 heteroatoms. The second kappa shape index (κ2) is 37.9. The summed E-state index contributed by atoms with van der Waals surface area (Å²) in [4.78, 5) is 121. The predicted molar refractivity (Wildman–Crippen MR) is 445 cm³/mol. The second-order valence-electron chi connectivity index (χ2n) is 32.7. The molecule has 22 atom stereocenters. The normalized spacial score (nSPS) is 29.7. The molecular formula is C86H97Cl3N10O26. The van der Waals surface area contributed by atoms with Gasteiger partial charge in [0.25, 0.3) is 0 Å². The molecule has 0 aromatic heterocycles. The van der Waals surface area contributed by atoms with E-state index in [-0.39, 0.29) is 59.2 Å². The van der Waals surface area contributed by atoms with Crippen LogP contribution in [0.4, 0.5) is 0 Å². The van der Waals surface area contributed by atoms with Crippen LogP contribution in [0.15, 0.2) is 127 Å². The summed E-state index contributed by atoms with van der Waals surface area (Å²) in [7, 11) is 1.48. The number of hydrogen-bond donors (Lipinski definition) is 20. The maximum atomic E-state index is 16.6. The van der Waals surface area contributed by atoms with E-state index in [1.165, 1.54) is 51.2 Å². The highest BCUT2D eigenvalue weighted by Crippen LogP contribution is 2.51. The number of nitrogens with two attached hydrogens (primary N) is 2. The summed E-state index contributed by atoms with van der Waals surface area (Å²) in [6.07, 6.45) is -23.0. The van der Waals surface area contributed by atoms with Crippen LogP contribution in [-0.2, 0) is 68.6 Å². The number of aliphatic hydroxyl groups is 6. The molecule has 668 valence electrons. The van der Waals surface area contributed by atoms with E-state index in [9.17, 15) is 65.4 Å². The number of carboxylic acid groups (broad SMARTS) is 1. The van der Waals surface area contributed by atoms with Gasteiger partial charge in [0.1, 0.15) is 89.5 Å². The first kappa shape index (κ1) is 92.1. The molecule has 8 heterocycles. The predicted octanol–water partition coefficient (Wildman–Crippen LogP) is 4.50. The maximum Gasteiger partial charge on any atom is 0.330 e. The molecule has 15 unspecified atom stereocenters. The molecule has 22 N–H and O–H groups in total. The Kier molecular flexibility index (Phi) is 27.9. The Hall–Kier alpha value is -10.6. The first-order valence-electron chi connectivity index (χ1n) is 40.1. The van der Waals surface area contributed by atoms with Gasteiger partial charge in [0.15, 0.2) is 36.2 Å². The van der Waals surface area contributed by atoms with Crippen molar-refractivity contribution in [3.8, 4) is 68.2 Å². The van der Waals surface area contributed by atoms with E-state index >= 15 is 24.0 Å². The standard InChI is InChI=1S/C86H97Cl3N10O26/c1-35(2)22-51(92-7)77(110)98-67-69(105)42-15-20-55(49(88)24-42)120-57-26-44-27-58(73(57)125-84-74(71(107)70(106)59(34-100)122-84)124-62-32-86(6,76(109)37(4)119-62)93-33-38-8-10-39(11-9-38)40-12-17-45(87)18-13-40)121-56-21-16-43(25-50(56)89)72(123-61-31-85(5,91)75(108)36(3)118-61)68-82(115)97-66(83(116)117)48-28-46(101)29-54(103)63(48)47-23-41(14-19-53(47)102)64(79(112)99-68)96-80(113)65(44)95-78(111)52(30-60(90)104)94-81(67)114/h8-21,23-29,35-37,51-52,59,61-62,64-72,74-76,84,92-93,100-103,105-109H,22,30-34,91H2,1-7H3,(H2,90,104)(H,94,114)(H,95,111)(H,96,113)(H,97,115)(H,98,110)(H,99,112)(H,116,117)/t36?,37?,51-,52+,59?,61?,62?,64?,65-,66-,67-,68?,69-,70?,71?,72-,74?,75?,76?,84?,85?,86?/m1/s1. The Bertz CT molecular complexity index is 5250. The van der Waals surface area contributed by atoms with Crippen molar-refractivity contribution in [2.24, 2.45) is 17.4 Å². The zero-order chi connectivity index (χ0) is 90.3. The molecule has 8 aliphatic rings. The van der Waals surface area contributed by atoms with Crippen molar-refractivity contribution in [1.82, 2.24) is 42.5 Å². The van der Waals surface area contributed by atoms with Crippen molar-refractivity contribution >= 4 is 82.1 Å². The van der Waals surface area contributed by atoms with Crippen molar-refractivity contribution in [1.29, 1.82) is 0 Å². The number of aromatic hydroxyl groups is 3. The molecule has 7 aromatic carbocycles. The minimum atomic E-state index is -2.40. The summed E-state index contributed by atoms with van der Waals surface area (Å²) in [6, 6.07) is 14.5. The van der Waals surface area contributed by atoms with Gasteiger partial charge in [-0.25, -0.2) is 4.79 Å². The number of fused-ring (bicyclic) bond motifs is 15. The Morgan fingerprint density at radius 1 is 0.632 bits per heavy atom. The van der Waals surface area contributed by atoms with Crippen LogP contribution in [-0.4, -0.2) is 215 Å². The lowest BCUT2D eigenvalue weighted by Crippen LogP contribution is -2.65. The number of amides is 7. The van der Waals surface area contributed by atoms with Gasteiger partial charge in [-0.05, 0) is 153 Å². The molecule has 3 saturated heterocycles. The minimum absolute atomic E-state index is 0.119. The van der Waals surface area contributed by atoms with Gasteiger partial charge >= 0.3 is 5.97 Å². The molecule has 0 radical (unpaired) electrons. The van der Waals surface area contributed by atoms with Crippen molar-refractivity contribution < 1.29 is 127 Å². The van der Waals surface area contributed by atoms with Crippen LogP contribution in [0.3, 0.4) is 0 Å². The lowest BCUT2D eigenvalue weighted by molar-refractivity contribution is -0.334. The number of carboxylic acids is 1. The first-order valence-corrected chi connectivity index (χ1v) is 41.2. The molecule has 15 rings (SSSR count). The average molecular weight is 1790 g/mol. The van der Waals surface area contributed by atoms with Gasteiger partial charge < -0.3 is 143 Å². The molecule has 0 aliphatic carbocycles. The van der Waals surface area contributed by atoms with E-state index in [0.29, 0.717) is 5.02 Å². The van der Waals surface area contributed by atoms with E-state index < -0.39 is 261 Å². The van der Waals surface area contributed by atoms with Crippen LogP contribution >= 0.6 is 34.8 Å². The van der Waals surface area contributed by atoms with Crippen LogP contribution in [0.25, 0.3) is 22.3 Å². The van der Waals surface area contributed by atoms with Gasteiger partial charge in [-0.1, -0.05) is 103 Å². The Labute approximate surface area is 730 Å². The van der Waals surface area contributed by atoms with E-state index in [2.05, 4.69) is 42.5 Å². The number of phenols is 3. The van der Waals surface area contributed by atoms with Gasteiger partial charge in [0, 0.05) is 58.2 Å². The Balaban J connectivity index is 1.02. The lowest BCUT2D eigenvalue weighted by atomic mass is 9.84. The average Bonchev–Trinajstić information content (AvgIpc) is 0.762. The van der Waals surface area contributed by atoms with Gasteiger partial charge in [0.2, 0.25) is 53.4 Å². The maximum absolute atomic E-state index is 16.6. The topological polar surface area (TPSA) is 561 Å². The number of primary amides is 1. The highest BCUT2D eigenvalue weighted by molar-refractivity contribution is 6.32. The van der Waals surface area contributed by atoms with Crippen LogP contribution in [0, 0.1) is 5.92 Å². The Morgan fingerprint density at radius 3 is 1.83 bits per heavy atom. The van der Waals surface area contributed by atoms with Crippen molar-refractivity contribution in [3.63, 3.8) is 0 Å². The summed E-state index contributed by atoms with van der Waals surface area (Å²) in [6.45, 7) is 9.06. The number of carbonyl (C=O) groups excluding carboxylic acids is 7. The van der Waals surface area contributed by atoms with Gasteiger partial charge in [-0.3, -0.25) is 33.6 Å². The Morgan fingerprint density at radius 2 is 1.22 bits per heavy atom. The fourth-order valence-corrected chi connectivity index (χ4v) is 16.7. The molecule has 0 spiro atoms. The number of ether oxygens (including phenoxy) is 8. The highest BCUT2D eigenvalue weighted by atomic mass is 35.5. The van der Waals surface area contributed by atoms with E-state index in [0.717, 1.165) is 65.2 Å². The van der Waals surface area contributed by atoms with E-state index in [1.54, 1.807) is 26.0 Å². The molecule has 36 nitrogen and oxygen atoms in total. The summed E-state index contributed by atoms with van der Waals surface area (Å²) in [5, 5.41) is 138. The van der Waals surface area contributed by atoms with Gasteiger partial charge in [0.05, 0.1) is 53.5 Å². The highest BCUT2D eigenvalue weighted by Gasteiger charge is 2.53. The number of phenolic OH excluding ortho intramolecular Hbond substituents is 3. The SMILES string of the molecule is CN[C@H](CC(C)C)C(=O)N[C@H]1C(=O)N[C@@H](CC(N)=O)C(=O)N[C@H]2C(=O)NC3C(=O)NC(C(=O)N[C@@H](C(=O)O)c4cc(O)cc(O)c4-c4cc3ccc4O)[C@H](OC3CC(C)(N)C(O)C(C)O3)c3ccc(c(Cl)c3)Oc3cc2cc(c3OC2OC(CO)C(O)C(O)C2OC2CC(C)(NCc3ccc(-c4ccc(Cl)cc4)cc3)C(O)C(C)O2)Oc2ccc(cc2Cl)[C@H]1O. The number of hydrogen-bond acceptors (Lipinski definition) is 28. The van der Waals surface area contributed by atoms with Crippen molar-refractivity contribution in [2.75, 3.05) is 13.7 Å². The molecule has 125 heavy (non-hydrogen) atoms. The minimum Gasteiger partial charge on any atom is -0.508 e.